The number of carbonyl (C=O) groups excluding carboxylic acids is 2. The number of sulfonamides is 1. The van der Waals surface area contributed by atoms with Gasteiger partial charge in [-0.1, -0.05) is 13.5 Å². The molecule has 9 heteroatoms. The van der Waals surface area contributed by atoms with Gasteiger partial charge in [-0.25, -0.2) is 8.42 Å². The normalized spacial score (nSPS) is 22.8. The summed E-state index contributed by atoms with van der Waals surface area (Å²) < 4.78 is 32.9. The summed E-state index contributed by atoms with van der Waals surface area (Å²) in [5, 5.41) is 5.78. The Morgan fingerprint density at radius 3 is 2.50 bits per heavy atom. The van der Waals surface area contributed by atoms with Crippen LogP contribution in [0.25, 0.3) is 0 Å². The van der Waals surface area contributed by atoms with E-state index in [2.05, 4.69) is 17.2 Å². The molecule has 2 aliphatic heterocycles. The van der Waals surface area contributed by atoms with E-state index < -0.39 is 10.0 Å². The molecule has 2 fully saturated rings. The highest BCUT2D eigenvalue weighted by atomic mass is 32.2. The van der Waals surface area contributed by atoms with E-state index in [9.17, 15) is 18.0 Å². The molecule has 8 nitrogen and oxygen atoms in total. The van der Waals surface area contributed by atoms with Crippen molar-refractivity contribution in [2.24, 2.45) is 11.8 Å². The molecular formula is C23H33N3O5S. The lowest BCUT2D eigenvalue weighted by molar-refractivity contribution is -0.117. The van der Waals surface area contributed by atoms with Crippen molar-refractivity contribution in [2.75, 3.05) is 32.8 Å². The zero-order chi connectivity index (χ0) is 23.1. The van der Waals surface area contributed by atoms with Crippen molar-refractivity contribution in [3.05, 3.63) is 42.5 Å². The van der Waals surface area contributed by atoms with Crippen molar-refractivity contribution in [3.8, 4) is 0 Å². The van der Waals surface area contributed by atoms with E-state index in [1.165, 1.54) is 22.5 Å². The van der Waals surface area contributed by atoms with Gasteiger partial charge >= 0.3 is 0 Å². The van der Waals surface area contributed by atoms with Gasteiger partial charge in [0.2, 0.25) is 15.9 Å². The second-order valence-corrected chi connectivity index (χ2v) is 10.5. The lowest BCUT2D eigenvalue weighted by atomic mass is 9.95. The maximum Gasteiger partial charge on any atom is 0.251 e. The van der Waals surface area contributed by atoms with E-state index in [0.717, 1.165) is 32.5 Å². The minimum absolute atomic E-state index is 0.0248. The number of ether oxygens (including phenoxy) is 1. The number of piperidine rings is 1. The van der Waals surface area contributed by atoms with Gasteiger partial charge in [0.15, 0.2) is 0 Å². The molecular weight excluding hydrogens is 430 g/mol. The van der Waals surface area contributed by atoms with Gasteiger partial charge in [-0.3, -0.25) is 9.59 Å². The summed E-state index contributed by atoms with van der Waals surface area (Å²) in [5.41, 5.74) is 0.440. The Hall–Kier alpha value is -2.23. The first-order valence-corrected chi connectivity index (χ1v) is 12.6. The van der Waals surface area contributed by atoms with Crippen molar-refractivity contribution < 1.29 is 22.7 Å². The second kappa shape index (κ2) is 11.1. The molecule has 0 radical (unpaired) electrons. The molecule has 1 aromatic rings. The highest BCUT2D eigenvalue weighted by Crippen LogP contribution is 2.24. The molecule has 176 valence electrons. The molecule has 2 unspecified atom stereocenters. The molecule has 1 aromatic carbocycles. The third kappa shape index (κ3) is 6.17. The monoisotopic (exact) mass is 463 g/mol. The standard InChI is InChI=1S/C23H33N3O5S/c1-3-22(27)25-21-9-13-26(16-17(21)2)32(29,30)20-6-4-19(5-7-20)23(28)24-12-8-18-10-14-31-15-11-18/h3-7,17-18,21H,1,8-16H2,2H3,(H,24,28)(H,25,27). The topological polar surface area (TPSA) is 105 Å². The molecule has 0 bridgehead atoms. The SMILES string of the molecule is C=CC(=O)NC1CCN(S(=O)(=O)c2ccc(C(=O)NCCC3CCOCC3)cc2)CC1C. The molecule has 2 saturated heterocycles. The molecule has 0 aromatic heterocycles. The minimum atomic E-state index is -3.67. The lowest BCUT2D eigenvalue weighted by Crippen LogP contribution is -2.51. The summed E-state index contributed by atoms with van der Waals surface area (Å²) in [6, 6.07) is 5.99. The highest BCUT2D eigenvalue weighted by molar-refractivity contribution is 7.89. The number of benzene rings is 1. The Bertz CT molecular complexity index is 910. The van der Waals surface area contributed by atoms with Gasteiger partial charge in [0, 0.05) is 44.5 Å². The van der Waals surface area contributed by atoms with Crippen molar-refractivity contribution in [1.82, 2.24) is 14.9 Å². The maximum atomic E-state index is 13.1. The number of hydrogen-bond donors (Lipinski definition) is 2. The maximum absolute atomic E-state index is 13.1. The number of amides is 2. The second-order valence-electron chi connectivity index (χ2n) is 8.57. The Kier molecular flexibility index (Phi) is 8.44. The fourth-order valence-corrected chi connectivity index (χ4v) is 5.79. The molecule has 2 atom stereocenters. The number of hydrogen-bond acceptors (Lipinski definition) is 5. The third-order valence-electron chi connectivity index (χ3n) is 6.31. The van der Waals surface area contributed by atoms with Crippen LogP contribution in [0.2, 0.25) is 0 Å². The molecule has 2 aliphatic rings. The van der Waals surface area contributed by atoms with E-state index in [1.54, 1.807) is 12.1 Å². The Morgan fingerprint density at radius 2 is 1.88 bits per heavy atom. The average molecular weight is 464 g/mol. The van der Waals surface area contributed by atoms with Crippen LogP contribution in [0.5, 0.6) is 0 Å². The van der Waals surface area contributed by atoms with E-state index >= 15 is 0 Å². The minimum Gasteiger partial charge on any atom is -0.381 e. The first-order valence-electron chi connectivity index (χ1n) is 11.2. The zero-order valence-electron chi connectivity index (χ0n) is 18.6. The molecule has 32 heavy (non-hydrogen) atoms. The Balaban J connectivity index is 1.54. The predicted octanol–water partition coefficient (Wildman–Crippen LogP) is 1.93. The third-order valence-corrected chi connectivity index (χ3v) is 8.19. The fraction of sp³-hybridized carbons (Fsp3) is 0.565. The van der Waals surface area contributed by atoms with Crippen LogP contribution in [0.15, 0.2) is 41.8 Å². The van der Waals surface area contributed by atoms with Crippen LogP contribution < -0.4 is 10.6 Å². The highest BCUT2D eigenvalue weighted by Gasteiger charge is 2.34. The zero-order valence-corrected chi connectivity index (χ0v) is 19.4. The average Bonchev–Trinajstić information content (AvgIpc) is 2.81. The van der Waals surface area contributed by atoms with E-state index in [-0.39, 0.29) is 28.7 Å². The van der Waals surface area contributed by atoms with Crippen LogP contribution in [0, 0.1) is 11.8 Å². The van der Waals surface area contributed by atoms with Gasteiger partial charge in [-0.15, -0.1) is 0 Å². The predicted molar refractivity (Wildman–Crippen MR) is 122 cm³/mol. The summed E-state index contributed by atoms with van der Waals surface area (Å²) in [5.74, 6) is 0.101. The van der Waals surface area contributed by atoms with Crippen LogP contribution in [-0.2, 0) is 19.6 Å². The van der Waals surface area contributed by atoms with Gasteiger partial charge in [-0.05, 0) is 67.9 Å². The lowest BCUT2D eigenvalue weighted by Gasteiger charge is -2.36. The van der Waals surface area contributed by atoms with Crippen LogP contribution in [0.4, 0.5) is 0 Å². The summed E-state index contributed by atoms with van der Waals surface area (Å²) in [6.45, 7) is 8.18. The molecule has 0 saturated carbocycles. The van der Waals surface area contributed by atoms with Gasteiger partial charge in [0.1, 0.15) is 0 Å². The summed E-state index contributed by atoms with van der Waals surface area (Å²) in [7, 11) is -3.67. The summed E-state index contributed by atoms with van der Waals surface area (Å²) in [6.07, 6.45) is 4.73. The number of carbonyl (C=O) groups is 2. The first kappa shape index (κ1) is 24.4. The molecule has 2 heterocycles. The van der Waals surface area contributed by atoms with Gasteiger partial charge in [0.25, 0.3) is 5.91 Å². The van der Waals surface area contributed by atoms with Crippen LogP contribution in [0.3, 0.4) is 0 Å². The quantitative estimate of drug-likeness (QED) is 0.573. The molecule has 2 amide bonds. The number of nitrogens with zero attached hydrogens (tertiary/aromatic N) is 1. The fourth-order valence-electron chi connectivity index (χ4n) is 4.24. The van der Waals surface area contributed by atoms with Crippen LogP contribution in [-0.4, -0.2) is 63.4 Å². The summed E-state index contributed by atoms with van der Waals surface area (Å²) >= 11 is 0. The van der Waals surface area contributed by atoms with Gasteiger partial charge in [-0.2, -0.15) is 4.31 Å². The Labute approximate surface area is 190 Å². The number of nitrogens with one attached hydrogen (secondary N) is 2. The van der Waals surface area contributed by atoms with E-state index in [0.29, 0.717) is 37.5 Å². The largest absolute Gasteiger partial charge is 0.381 e. The van der Waals surface area contributed by atoms with Gasteiger partial charge < -0.3 is 15.4 Å². The molecule has 3 rings (SSSR count). The summed E-state index contributed by atoms with van der Waals surface area (Å²) in [4.78, 5) is 24.1. The van der Waals surface area contributed by atoms with E-state index in [4.69, 9.17) is 4.74 Å². The van der Waals surface area contributed by atoms with Crippen molar-refractivity contribution in [1.29, 1.82) is 0 Å². The van der Waals surface area contributed by atoms with Gasteiger partial charge in [0.05, 0.1) is 4.90 Å². The van der Waals surface area contributed by atoms with Crippen molar-refractivity contribution >= 4 is 21.8 Å². The molecule has 2 N–H and O–H groups in total. The van der Waals surface area contributed by atoms with Crippen LogP contribution in [0.1, 0.15) is 43.0 Å². The van der Waals surface area contributed by atoms with Crippen molar-refractivity contribution in [3.63, 3.8) is 0 Å². The smallest absolute Gasteiger partial charge is 0.251 e. The Morgan fingerprint density at radius 1 is 1.19 bits per heavy atom. The van der Waals surface area contributed by atoms with Crippen molar-refractivity contribution in [2.45, 2.75) is 43.5 Å². The molecule has 0 spiro atoms. The molecule has 0 aliphatic carbocycles. The van der Waals surface area contributed by atoms with E-state index in [1.807, 2.05) is 6.92 Å². The number of rotatable bonds is 8. The van der Waals surface area contributed by atoms with Crippen LogP contribution >= 0.6 is 0 Å². The first-order chi connectivity index (χ1) is 15.3.